The molecule has 2 heteroatoms. The number of hydrogen-bond donors (Lipinski definition) is 0. The van der Waals surface area contributed by atoms with Gasteiger partial charge in [-0.25, -0.2) is 0 Å². The van der Waals surface area contributed by atoms with Crippen LogP contribution in [0.25, 0.3) is 0 Å². The van der Waals surface area contributed by atoms with Gasteiger partial charge in [-0.1, -0.05) is 31.3 Å². The van der Waals surface area contributed by atoms with E-state index in [1.54, 1.807) is 0 Å². The first-order valence-electron chi connectivity index (χ1n) is 6.71. The second-order valence-corrected chi connectivity index (χ2v) is 5.97. The molecule has 0 aliphatic heterocycles. The van der Waals surface area contributed by atoms with Crippen molar-refractivity contribution in [2.24, 2.45) is 5.92 Å². The maximum absolute atomic E-state index is 12.3. The average molecular weight is 285 g/mol. The van der Waals surface area contributed by atoms with Crippen molar-refractivity contribution in [3.63, 3.8) is 0 Å². The van der Waals surface area contributed by atoms with E-state index in [1.165, 1.54) is 44.1 Å². The topological polar surface area (TPSA) is 17.1 Å². The molecule has 0 aromatic carbocycles. The molecular weight excluding hydrogens is 264 g/mol. The van der Waals surface area contributed by atoms with Gasteiger partial charge < -0.3 is 0 Å². The number of halogens is 1. The zero-order valence-corrected chi connectivity index (χ0v) is 11.5. The number of Topliss-reactive ketones (excluding diaryl/α,β-unsaturated/α-hetero) is 1. The summed E-state index contributed by atoms with van der Waals surface area (Å²) in [5.41, 5.74) is 1.39. The first kappa shape index (κ1) is 12.3. The van der Waals surface area contributed by atoms with E-state index in [2.05, 4.69) is 15.9 Å². The number of allylic oxidation sites excluding steroid dienone is 2. The van der Waals surface area contributed by atoms with Gasteiger partial charge in [0.25, 0.3) is 0 Å². The fourth-order valence-electron chi connectivity index (χ4n) is 2.92. The van der Waals surface area contributed by atoms with E-state index in [9.17, 15) is 4.79 Å². The summed E-state index contributed by atoms with van der Waals surface area (Å²) >= 11 is 3.57. The molecular formula is C14H21BrO. The molecule has 2 saturated carbocycles. The summed E-state index contributed by atoms with van der Waals surface area (Å²) < 4.78 is 0.944. The van der Waals surface area contributed by atoms with Crippen molar-refractivity contribution >= 4 is 21.7 Å². The van der Waals surface area contributed by atoms with Gasteiger partial charge >= 0.3 is 0 Å². The van der Waals surface area contributed by atoms with E-state index < -0.39 is 0 Å². The third-order valence-corrected chi connectivity index (χ3v) is 4.91. The van der Waals surface area contributed by atoms with Crippen LogP contribution >= 0.6 is 15.9 Å². The van der Waals surface area contributed by atoms with Crippen molar-refractivity contribution in [1.29, 1.82) is 0 Å². The monoisotopic (exact) mass is 284 g/mol. The van der Waals surface area contributed by atoms with E-state index >= 15 is 0 Å². The van der Waals surface area contributed by atoms with Crippen LogP contribution in [0.5, 0.6) is 0 Å². The van der Waals surface area contributed by atoms with Crippen molar-refractivity contribution in [2.75, 3.05) is 0 Å². The van der Waals surface area contributed by atoms with Gasteiger partial charge in [-0.05, 0) is 54.5 Å². The van der Waals surface area contributed by atoms with Gasteiger partial charge in [0.05, 0.1) is 4.48 Å². The number of rotatable bonds is 2. The van der Waals surface area contributed by atoms with E-state index in [-0.39, 0.29) is 0 Å². The van der Waals surface area contributed by atoms with E-state index in [1.807, 2.05) is 0 Å². The third-order valence-electron chi connectivity index (χ3n) is 3.96. The van der Waals surface area contributed by atoms with Crippen LogP contribution in [0.2, 0.25) is 0 Å². The molecule has 0 aromatic rings. The fraction of sp³-hybridized carbons (Fsp3) is 0.786. The molecule has 0 spiro atoms. The second kappa shape index (κ2) is 6.00. The zero-order valence-electron chi connectivity index (χ0n) is 9.93. The predicted octanol–water partition coefficient (Wildman–Crippen LogP) is 4.75. The van der Waals surface area contributed by atoms with Crippen LogP contribution in [0.1, 0.15) is 64.2 Å². The van der Waals surface area contributed by atoms with Crippen LogP contribution < -0.4 is 0 Å². The van der Waals surface area contributed by atoms with Crippen LogP contribution in [0, 0.1) is 5.92 Å². The first-order valence-corrected chi connectivity index (χ1v) is 7.50. The van der Waals surface area contributed by atoms with Gasteiger partial charge in [-0.3, -0.25) is 4.79 Å². The molecule has 1 nitrogen and oxygen atoms in total. The molecule has 16 heavy (non-hydrogen) atoms. The Bertz CT molecular complexity index is 279. The summed E-state index contributed by atoms with van der Waals surface area (Å²) in [5, 5.41) is 0. The minimum Gasteiger partial charge on any atom is -0.293 e. The Morgan fingerprint density at radius 3 is 2.12 bits per heavy atom. The molecule has 2 rings (SSSR count). The van der Waals surface area contributed by atoms with Gasteiger partial charge in [0.2, 0.25) is 0 Å². The lowest BCUT2D eigenvalue weighted by Crippen LogP contribution is -2.19. The van der Waals surface area contributed by atoms with Crippen LogP contribution in [0.4, 0.5) is 0 Å². The normalized spacial score (nSPS) is 23.2. The molecule has 0 bridgehead atoms. The van der Waals surface area contributed by atoms with E-state index in [0.29, 0.717) is 11.7 Å². The Morgan fingerprint density at radius 2 is 1.50 bits per heavy atom. The van der Waals surface area contributed by atoms with E-state index in [0.717, 1.165) is 30.2 Å². The van der Waals surface area contributed by atoms with Gasteiger partial charge in [-0.15, -0.1) is 0 Å². The Labute approximate surface area is 107 Å². The largest absolute Gasteiger partial charge is 0.293 e. The summed E-state index contributed by atoms with van der Waals surface area (Å²) in [6.07, 6.45) is 12.2. The smallest absolute Gasteiger partial charge is 0.172 e. The number of ketones is 1. The quantitative estimate of drug-likeness (QED) is 0.669. The van der Waals surface area contributed by atoms with Crippen molar-refractivity contribution in [2.45, 2.75) is 64.2 Å². The highest BCUT2D eigenvalue weighted by Gasteiger charge is 2.25. The minimum absolute atomic E-state index is 0.317. The summed E-state index contributed by atoms with van der Waals surface area (Å²) in [4.78, 5) is 12.3. The second-order valence-electron chi connectivity index (χ2n) is 5.18. The van der Waals surface area contributed by atoms with Crippen molar-refractivity contribution in [3.8, 4) is 0 Å². The average Bonchev–Trinajstić information content (AvgIpc) is 2.39. The Morgan fingerprint density at radius 1 is 0.938 bits per heavy atom. The highest BCUT2D eigenvalue weighted by molar-refractivity contribution is 9.12. The molecule has 2 aliphatic rings. The number of carbonyl (C=O) groups excluding carboxylic acids is 1. The Kier molecular flexibility index (Phi) is 4.63. The standard InChI is InChI=1S/C14H21BrO/c15-13(11-7-3-1-4-8-11)14(16)12-9-5-2-6-10-12/h12H,1-10H2. The van der Waals surface area contributed by atoms with Crippen LogP contribution in [0.15, 0.2) is 10.1 Å². The van der Waals surface area contributed by atoms with Crippen molar-refractivity contribution < 1.29 is 4.79 Å². The minimum atomic E-state index is 0.317. The lowest BCUT2D eigenvalue weighted by Gasteiger charge is -2.22. The van der Waals surface area contributed by atoms with Crippen LogP contribution in [0.3, 0.4) is 0 Å². The van der Waals surface area contributed by atoms with Crippen molar-refractivity contribution in [3.05, 3.63) is 10.1 Å². The Balaban J connectivity index is 2.01. The molecule has 90 valence electrons. The molecule has 0 amide bonds. The molecule has 0 unspecified atom stereocenters. The maximum atomic E-state index is 12.3. The molecule has 0 N–H and O–H groups in total. The molecule has 0 heterocycles. The highest BCUT2D eigenvalue weighted by Crippen LogP contribution is 2.33. The molecule has 0 saturated heterocycles. The van der Waals surface area contributed by atoms with Gasteiger partial charge in [0, 0.05) is 5.92 Å². The first-order chi connectivity index (χ1) is 7.79. The van der Waals surface area contributed by atoms with Crippen LogP contribution in [-0.2, 0) is 4.79 Å². The molecule has 0 atom stereocenters. The summed E-state index contributed by atoms with van der Waals surface area (Å²) in [6, 6.07) is 0. The van der Waals surface area contributed by atoms with Gasteiger partial charge in [0.15, 0.2) is 5.78 Å². The lowest BCUT2D eigenvalue weighted by molar-refractivity contribution is -0.119. The lowest BCUT2D eigenvalue weighted by atomic mass is 9.84. The van der Waals surface area contributed by atoms with E-state index in [4.69, 9.17) is 0 Å². The summed E-state index contributed by atoms with van der Waals surface area (Å²) in [7, 11) is 0. The van der Waals surface area contributed by atoms with Crippen molar-refractivity contribution in [1.82, 2.24) is 0 Å². The predicted molar refractivity (Wildman–Crippen MR) is 70.6 cm³/mol. The summed E-state index contributed by atoms with van der Waals surface area (Å²) in [6.45, 7) is 0. The molecule has 2 fully saturated rings. The summed E-state index contributed by atoms with van der Waals surface area (Å²) in [5.74, 6) is 0.717. The third kappa shape index (κ3) is 2.97. The molecule has 2 aliphatic carbocycles. The number of carbonyl (C=O) groups is 1. The Hall–Kier alpha value is -0.110. The van der Waals surface area contributed by atoms with Gasteiger partial charge in [-0.2, -0.15) is 0 Å². The molecule has 0 aromatic heterocycles. The number of hydrogen-bond acceptors (Lipinski definition) is 1. The zero-order chi connectivity index (χ0) is 11.4. The maximum Gasteiger partial charge on any atom is 0.172 e. The van der Waals surface area contributed by atoms with Crippen LogP contribution in [-0.4, -0.2) is 5.78 Å². The fourth-order valence-corrected chi connectivity index (χ4v) is 3.64. The highest BCUT2D eigenvalue weighted by atomic mass is 79.9. The molecule has 0 radical (unpaired) electrons. The van der Waals surface area contributed by atoms with Gasteiger partial charge in [0.1, 0.15) is 0 Å². The SMILES string of the molecule is O=C(C(Br)=C1CCCCC1)C1CCCCC1.